The first-order valence-corrected chi connectivity index (χ1v) is 7.38. The average molecular weight is 279 g/mol. The van der Waals surface area contributed by atoms with E-state index in [4.69, 9.17) is 9.84 Å². The van der Waals surface area contributed by atoms with E-state index in [0.717, 1.165) is 12.8 Å². The van der Waals surface area contributed by atoms with Crippen molar-refractivity contribution in [3.8, 4) is 0 Å². The fourth-order valence-corrected chi connectivity index (χ4v) is 3.83. The van der Waals surface area contributed by atoms with Crippen molar-refractivity contribution >= 4 is 11.9 Å². The zero-order valence-corrected chi connectivity index (χ0v) is 11.5. The minimum absolute atomic E-state index is 0.0151. The molecule has 0 aromatic carbocycles. The standard InChI is InChI=1S/C15H21NO4/c17-13(18)9-15(3-5-20-6-4-15)16-14(19)12-8-10-1-2-11(12)7-10/h1-2,10-12H,3-9H2,(H,16,19)(H,17,18). The lowest BCUT2D eigenvalue weighted by Crippen LogP contribution is -2.55. The third-order valence-electron chi connectivity index (χ3n) is 4.94. The second-order valence-corrected chi connectivity index (χ2v) is 6.34. The lowest BCUT2D eigenvalue weighted by Gasteiger charge is -2.38. The summed E-state index contributed by atoms with van der Waals surface area (Å²) in [7, 11) is 0. The van der Waals surface area contributed by atoms with E-state index in [1.165, 1.54) is 0 Å². The van der Waals surface area contributed by atoms with Crippen LogP contribution in [0.5, 0.6) is 0 Å². The summed E-state index contributed by atoms with van der Waals surface area (Å²) < 4.78 is 5.31. The zero-order valence-electron chi connectivity index (χ0n) is 11.5. The molecule has 2 N–H and O–H groups in total. The number of amides is 1. The number of nitrogens with one attached hydrogen (secondary N) is 1. The molecule has 0 spiro atoms. The largest absolute Gasteiger partial charge is 0.481 e. The molecule has 2 bridgehead atoms. The van der Waals surface area contributed by atoms with Gasteiger partial charge >= 0.3 is 5.97 Å². The normalized spacial score (nSPS) is 34.1. The second-order valence-electron chi connectivity index (χ2n) is 6.34. The summed E-state index contributed by atoms with van der Waals surface area (Å²) in [6, 6.07) is 0. The molecule has 3 rings (SSSR count). The van der Waals surface area contributed by atoms with Crippen LogP contribution in [-0.4, -0.2) is 35.7 Å². The number of aliphatic carboxylic acids is 1. The predicted octanol–water partition coefficient (Wildman–Crippen LogP) is 1.34. The van der Waals surface area contributed by atoms with E-state index in [1.54, 1.807) is 0 Å². The van der Waals surface area contributed by atoms with Gasteiger partial charge in [-0.05, 0) is 37.5 Å². The highest BCUT2D eigenvalue weighted by Gasteiger charge is 2.43. The molecule has 1 saturated heterocycles. The van der Waals surface area contributed by atoms with Crippen molar-refractivity contribution in [3.63, 3.8) is 0 Å². The lowest BCUT2D eigenvalue weighted by atomic mass is 9.84. The van der Waals surface area contributed by atoms with Crippen molar-refractivity contribution in [2.75, 3.05) is 13.2 Å². The van der Waals surface area contributed by atoms with Crippen LogP contribution < -0.4 is 5.32 Å². The third-order valence-corrected chi connectivity index (χ3v) is 4.94. The number of ether oxygens (including phenoxy) is 1. The first-order valence-electron chi connectivity index (χ1n) is 7.38. The highest BCUT2D eigenvalue weighted by molar-refractivity contribution is 5.81. The van der Waals surface area contributed by atoms with E-state index < -0.39 is 11.5 Å². The van der Waals surface area contributed by atoms with Crippen molar-refractivity contribution in [2.24, 2.45) is 17.8 Å². The molecule has 20 heavy (non-hydrogen) atoms. The first-order chi connectivity index (χ1) is 9.58. The van der Waals surface area contributed by atoms with Crippen LogP contribution in [0, 0.1) is 17.8 Å². The van der Waals surface area contributed by atoms with Crippen molar-refractivity contribution in [1.29, 1.82) is 0 Å². The van der Waals surface area contributed by atoms with Crippen LogP contribution >= 0.6 is 0 Å². The molecular weight excluding hydrogens is 258 g/mol. The van der Waals surface area contributed by atoms with E-state index in [-0.39, 0.29) is 18.2 Å². The van der Waals surface area contributed by atoms with Gasteiger partial charge in [-0.1, -0.05) is 12.2 Å². The average Bonchev–Trinajstić information content (AvgIpc) is 3.00. The van der Waals surface area contributed by atoms with E-state index in [1.807, 2.05) is 0 Å². The first kappa shape index (κ1) is 13.6. The van der Waals surface area contributed by atoms with Gasteiger partial charge in [0.2, 0.25) is 5.91 Å². The molecule has 0 radical (unpaired) electrons. The maximum atomic E-state index is 12.5. The van der Waals surface area contributed by atoms with Crippen LogP contribution in [0.25, 0.3) is 0 Å². The summed E-state index contributed by atoms with van der Waals surface area (Å²) in [5, 5.41) is 12.2. The molecular formula is C15H21NO4. The topological polar surface area (TPSA) is 75.6 Å². The Balaban J connectivity index is 1.68. The number of fused-ring (bicyclic) bond motifs is 2. The Morgan fingerprint density at radius 1 is 1.25 bits per heavy atom. The zero-order chi connectivity index (χ0) is 14.2. The lowest BCUT2D eigenvalue weighted by molar-refractivity contribution is -0.141. The molecule has 3 aliphatic rings. The van der Waals surface area contributed by atoms with E-state index in [9.17, 15) is 9.59 Å². The number of carbonyl (C=O) groups excluding carboxylic acids is 1. The van der Waals surface area contributed by atoms with Crippen molar-refractivity contribution in [3.05, 3.63) is 12.2 Å². The van der Waals surface area contributed by atoms with Crippen LogP contribution in [0.1, 0.15) is 32.1 Å². The van der Waals surface area contributed by atoms with Gasteiger partial charge in [-0.25, -0.2) is 0 Å². The molecule has 3 unspecified atom stereocenters. The molecule has 1 heterocycles. The molecule has 1 amide bonds. The number of allylic oxidation sites excluding steroid dienone is 2. The van der Waals surface area contributed by atoms with Gasteiger partial charge in [0, 0.05) is 19.1 Å². The molecule has 1 saturated carbocycles. The smallest absolute Gasteiger partial charge is 0.305 e. The van der Waals surface area contributed by atoms with Crippen molar-refractivity contribution < 1.29 is 19.4 Å². The molecule has 0 aromatic rings. The van der Waals surface area contributed by atoms with Gasteiger partial charge in [0.1, 0.15) is 0 Å². The summed E-state index contributed by atoms with van der Waals surface area (Å²) in [5.41, 5.74) is -0.618. The number of hydrogen-bond acceptors (Lipinski definition) is 3. The Bertz CT molecular complexity index is 439. The van der Waals surface area contributed by atoms with Crippen LogP contribution in [0.2, 0.25) is 0 Å². The van der Waals surface area contributed by atoms with Gasteiger partial charge in [0.25, 0.3) is 0 Å². The quantitative estimate of drug-likeness (QED) is 0.761. The third kappa shape index (κ3) is 2.59. The van der Waals surface area contributed by atoms with Gasteiger partial charge in [-0.2, -0.15) is 0 Å². The molecule has 0 aromatic heterocycles. The van der Waals surface area contributed by atoms with Gasteiger partial charge in [-0.15, -0.1) is 0 Å². The maximum Gasteiger partial charge on any atom is 0.305 e. The Kier molecular flexibility index (Phi) is 3.54. The van der Waals surface area contributed by atoms with E-state index in [0.29, 0.717) is 37.9 Å². The Hall–Kier alpha value is -1.36. The molecule has 2 aliphatic carbocycles. The number of carboxylic acid groups (broad SMARTS) is 1. The van der Waals surface area contributed by atoms with Crippen LogP contribution in [0.4, 0.5) is 0 Å². The van der Waals surface area contributed by atoms with E-state index in [2.05, 4.69) is 17.5 Å². The molecule has 5 nitrogen and oxygen atoms in total. The molecule has 2 fully saturated rings. The molecule has 1 aliphatic heterocycles. The number of carbonyl (C=O) groups is 2. The monoisotopic (exact) mass is 279 g/mol. The highest BCUT2D eigenvalue weighted by Crippen LogP contribution is 2.43. The summed E-state index contributed by atoms with van der Waals surface area (Å²) in [6.07, 6.45) is 7.49. The second kappa shape index (κ2) is 5.20. The summed E-state index contributed by atoms with van der Waals surface area (Å²) in [6.45, 7) is 1.04. The fraction of sp³-hybridized carbons (Fsp3) is 0.733. The predicted molar refractivity (Wildman–Crippen MR) is 72.0 cm³/mol. The number of rotatable bonds is 4. The highest BCUT2D eigenvalue weighted by atomic mass is 16.5. The summed E-state index contributed by atoms with van der Waals surface area (Å²) >= 11 is 0. The van der Waals surface area contributed by atoms with Gasteiger partial charge < -0.3 is 15.2 Å². The number of hydrogen-bond donors (Lipinski definition) is 2. The molecule has 3 atom stereocenters. The molecule has 5 heteroatoms. The SMILES string of the molecule is O=C(O)CC1(NC(=O)C2CC3C=CC2C3)CCOCC1. The minimum Gasteiger partial charge on any atom is -0.481 e. The van der Waals surface area contributed by atoms with Crippen molar-refractivity contribution in [1.82, 2.24) is 5.32 Å². The Labute approximate surface area is 118 Å². The van der Waals surface area contributed by atoms with Crippen LogP contribution in [0.3, 0.4) is 0 Å². The fourth-order valence-electron chi connectivity index (χ4n) is 3.83. The van der Waals surface area contributed by atoms with Gasteiger partial charge in [0.05, 0.1) is 12.0 Å². The Morgan fingerprint density at radius 2 is 2.00 bits per heavy atom. The number of carboxylic acids is 1. The minimum atomic E-state index is -0.861. The van der Waals surface area contributed by atoms with Crippen LogP contribution in [-0.2, 0) is 14.3 Å². The maximum absolute atomic E-state index is 12.5. The van der Waals surface area contributed by atoms with Crippen molar-refractivity contribution in [2.45, 2.75) is 37.6 Å². The van der Waals surface area contributed by atoms with Gasteiger partial charge in [-0.3, -0.25) is 9.59 Å². The molecule has 110 valence electrons. The van der Waals surface area contributed by atoms with Gasteiger partial charge in [0.15, 0.2) is 0 Å². The summed E-state index contributed by atoms with van der Waals surface area (Å²) in [5.74, 6) is 0.0890. The van der Waals surface area contributed by atoms with E-state index >= 15 is 0 Å². The summed E-state index contributed by atoms with van der Waals surface area (Å²) in [4.78, 5) is 23.6. The van der Waals surface area contributed by atoms with Crippen LogP contribution in [0.15, 0.2) is 12.2 Å². The Morgan fingerprint density at radius 3 is 2.55 bits per heavy atom.